The summed E-state index contributed by atoms with van der Waals surface area (Å²) in [5.41, 5.74) is 4.14. The van der Waals surface area contributed by atoms with Gasteiger partial charge in [0.15, 0.2) is 5.76 Å². The fraction of sp³-hybridized carbons (Fsp3) is 0.261. The number of benzene rings is 2. The molecule has 0 aliphatic heterocycles. The molecule has 0 saturated carbocycles. The number of ether oxygens (including phenoxy) is 1. The molecule has 1 heterocycles. The maximum atomic E-state index is 13.6. The zero-order valence-electron chi connectivity index (χ0n) is 16.1. The Morgan fingerprint density at radius 3 is 2.62 bits per heavy atom. The van der Waals surface area contributed by atoms with E-state index in [2.05, 4.69) is 17.8 Å². The molecule has 150 valence electrons. The molecular formula is C23H20F3NO2. The lowest BCUT2D eigenvalue weighted by Gasteiger charge is -2.18. The highest BCUT2D eigenvalue weighted by atomic mass is 19.4. The highest BCUT2D eigenvalue weighted by molar-refractivity contribution is 5.78. The van der Waals surface area contributed by atoms with Crippen molar-refractivity contribution in [1.82, 2.24) is 5.16 Å². The van der Waals surface area contributed by atoms with Crippen molar-refractivity contribution in [3.05, 3.63) is 65.2 Å². The minimum Gasteiger partial charge on any atom is -0.490 e. The van der Waals surface area contributed by atoms with Crippen LogP contribution in [0.2, 0.25) is 0 Å². The van der Waals surface area contributed by atoms with E-state index in [1.165, 1.54) is 6.07 Å². The Balaban J connectivity index is 1.79. The van der Waals surface area contributed by atoms with Gasteiger partial charge in [0.1, 0.15) is 11.4 Å². The van der Waals surface area contributed by atoms with E-state index in [9.17, 15) is 13.2 Å². The van der Waals surface area contributed by atoms with Gasteiger partial charge >= 0.3 is 6.18 Å². The molecule has 4 rings (SSSR count). The van der Waals surface area contributed by atoms with E-state index in [1.54, 1.807) is 26.0 Å². The van der Waals surface area contributed by atoms with Crippen LogP contribution >= 0.6 is 0 Å². The zero-order valence-corrected chi connectivity index (χ0v) is 16.1. The number of aromatic nitrogens is 1. The third kappa shape index (κ3) is 3.55. The molecule has 29 heavy (non-hydrogen) atoms. The predicted molar refractivity (Wildman–Crippen MR) is 106 cm³/mol. The maximum Gasteiger partial charge on any atom is 0.419 e. The molecule has 0 radical (unpaired) electrons. The normalized spacial score (nSPS) is 13.2. The van der Waals surface area contributed by atoms with Gasteiger partial charge in [0.25, 0.3) is 0 Å². The number of hydrogen-bond donors (Lipinski definition) is 0. The fourth-order valence-electron chi connectivity index (χ4n) is 3.67. The van der Waals surface area contributed by atoms with Gasteiger partial charge in [-0.1, -0.05) is 36.0 Å². The van der Waals surface area contributed by atoms with Crippen LogP contribution in [0.3, 0.4) is 0 Å². The molecule has 1 aliphatic carbocycles. The van der Waals surface area contributed by atoms with E-state index in [1.807, 2.05) is 12.1 Å². The van der Waals surface area contributed by atoms with Crippen LogP contribution in [-0.4, -0.2) is 11.3 Å². The van der Waals surface area contributed by atoms with E-state index in [0.29, 0.717) is 23.4 Å². The van der Waals surface area contributed by atoms with Crippen LogP contribution in [0.4, 0.5) is 13.2 Å². The monoisotopic (exact) mass is 399 g/mol. The first-order valence-electron chi connectivity index (χ1n) is 9.40. The molecule has 0 saturated heterocycles. The van der Waals surface area contributed by atoms with Gasteiger partial charge in [-0.05, 0) is 56.0 Å². The molecule has 0 atom stereocenters. The molecule has 0 N–H and O–H groups in total. The Kier molecular flexibility index (Phi) is 4.73. The first kappa shape index (κ1) is 19.3. The molecule has 2 aromatic carbocycles. The van der Waals surface area contributed by atoms with E-state index >= 15 is 0 Å². The number of aryl methyl sites for hydroxylation is 1. The van der Waals surface area contributed by atoms with Crippen molar-refractivity contribution in [2.75, 3.05) is 0 Å². The van der Waals surface area contributed by atoms with Crippen LogP contribution in [0, 0.1) is 0 Å². The summed E-state index contributed by atoms with van der Waals surface area (Å²) in [6, 6.07) is 9.96. The average Bonchev–Trinajstić information content (AvgIpc) is 3.11. The van der Waals surface area contributed by atoms with Crippen molar-refractivity contribution >= 4 is 6.08 Å². The standard InChI is InChI=1S/C23H20F3NO2/c1-4-14-5-8-17-15(11-14)6-9-18-21(17)27-29-22(18)16-7-10-20(28-13(2)3)19(12-16)23(24,25)26/h4-5,7-8,10-13H,1,6,9H2,2-3H3. The number of fused-ring (bicyclic) bond motifs is 3. The third-order valence-electron chi connectivity index (χ3n) is 4.96. The second kappa shape index (κ2) is 7.10. The predicted octanol–water partition coefficient (Wildman–Crippen LogP) is 6.56. The quantitative estimate of drug-likeness (QED) is 0.499. The van der Waals surface area contributed by atoms with Gasteiger partial charge in [0.05, 0.1) is 11.7 Å². The molecule has 6 heteroatoms. The van der Waals surface area contributed by atoms with Crippen LogP contribution in [0.15, 0.2) is 47.5 Å². The average molecular weight is 399 g/mol. The first-order valence-corrected chi connectivity index (χ1v) is 9.40. The summed E-state index contributed by atoms with van der Waals surface area (Å²) in [6.45, 7) is 7.17. The van der Waals surface area contributed by atoms with Crippen LogP contribution in [0.1, 0.15) is 36.1 Å². The van der Waals surface area contributed by atoms with E-state index in [4.69, 9.17) is 9.26 Å². The second-order valence-electron chi connectivity index (χ2n) is 7.33. The number of rotatable bonds is 4. The van der Waals surface area contributed by atoms with Crippen molar-refractivity contribution < 1.29 is 22.4 Å². The molecular weight excluding hydrogens is 379 g/mol. The van der Waals surface area contributed by atoms with E-state index in [-0.39, 0.29) is 11.9 Å². The molecule has 3 aromatic rings. The minimum absolute atomic E-state index is 0.188. The summed E-state index contributed by atoms with van der Waals surface area (Å²) in [7, 11) is 0. The molecule has 3 nitrogen and oxygen atoms in total. The lowest BCUT2D eigenvalue weighted by Crippen LogP contribution is -2.13. The van der Waals surface area contributed by atoms with E-state index in [0.717, 1.165) is 34.7 Å². The van der Waals surface area contributed by atoms with Crippen LogP contribution in [0.5, 0.6) is 5.75 Å². The van der Waals surface area contributed by atoms with Gasteiger partial charge < -0.3 is 9.26 Å². The summed E-state index contributed by atoms with van der Waals surface area (Å²) >= 11 is 0. The Bertz CT molecular complexity index is 1080. The third-order valence-corrected chi connectivity index (χ3v) is 4.96. The van der Waals surface area contributed by atoms with Gasteiger partial charge in [0.2, 0.25) is 0 Å². The summed E-state index contributed by atoms with van der Waals surface area (Å²) in [5, 5.41) is 4.18. The Labute approximate surface area is 166 Å². The Morgan fingerprint density at radius 1 is 1.14 bits per heavy atom. The topological polar surface area (TPSA) is 35.3 Å². The minimum atomic E-state index is -4.53. The largest absolute Gasteiger partial charge is 0.490 e. The van der Waals surface area contributed by atoms with Crippen molar-refractivity contribution in [3.8, 4) is 28.3 Å². The fourth-order valence-corrected chi connectivity index (χ4v) is 3.67. The van der Waals surface area contributed by atoms with Gasteiger partial charge in [-0.15, -0.1) is 0 Å². The Hall–Kier alpha value is -3.02. The SMILES string of the molecule is C=Cc1ccc2c(c1)CCc1c-2noc1-c1ccc(OC(C)C)c(C(F)(F)F)c1. The van der Waals surface area contributed by atoms with Crippen LogP contribution < -0.4 is 4.74 Å². The van der Waals surface area contributed by atoms with Gasteiger partial charge in [-0.3, -0.25) is 0 Å². The van der Waals surface area contributed by atoms with Crippen molar-refractivity contribution in [2.45, 2.75) is 39.0 Å². The van der Waals surface area contributed by atoms with E-state index < -0.39 is 11.7 Å². The van der Waals surface area contributed by atoms with Gasteiger partial charge in [-0.2, -0.15) is 13.2 Å². The smallest absolute Gasteiger partial charge is 0.419 e. The van der Waals surface area contributed by atoms with Crippen LogP contribution in [0.25, 0.3) is 28.7 Å². The Morgan fingerprint density at radius 2 is 1.93 bits per heavy atom. The molecule has 1 aliphatic rings. The van der Waals surface area contributed by atoms with Gasteiger partial charge in [-0.25, -0.2) is 0 Å². The zero-order chi connectivity index (χ0) is 20.8. The number of alkyl halides is 3. The summed E-state index contributed by atoms with van der Waals surface area (Å²) in [6.07, 6.45) is -1.71. The lowest BCUT2D eigenvalue weighted by molar-refractivity contribution is -0.139. The molecule has 0 unspecified atom stereocenters. The maximum absolute atomic E-state index is 13.6. The highest BCUT2D eigenvalue weighted by Crippen LogP contribution is 2.43. The van der Waals surface area contributed by atoms with Crippen molar-refractivity contribution in [2.24, 2.45) is 0 Å². The summed E-state index contributed by atoms with van der Waals surface area (Å²) in [4.78, 5) is 0. The molecule has 0 fully saturated rings. The number of nitrogens with zero attached hydrogens (tertiary/aromatic N) is 1. The van der Waals surface area contributed by atoms with Gasteiger partial charge in [0, 0.05) is 16.7 Å². The second-order valence-corrected chi connectivity index (χ2v) is 7.33. The molecule has 1 aromatic heterocycles. The summed E-state index contributed by atoms with van der Waals surface area (Å²) in [5.74, 6) is 0.187. The molecule has 0 spiro atoms. The number of halogens is 3. The van der Waals surface area contributed by atoms with Crippen molar-refractivity contribution in [3.63, 3.8) is 0 Å². The molecule has 0 amide bonds. The first-order chi connectivity index (χ1) is 13.8. The summed E-state index contributed by atoms with van der Waals surface area (Å²) < 4.78 is 51.7. The highest BCUT2D eigenvalue weighted by Gasteiger charge is 2.36. The molecule has 0 bridgehead atoms. The van der Waals surface area contributed by atoms with Crippen LogP contribution in [-0.2, 0) is 19.0 Å². The van der Waals surface area contributed by atoms with Crippen molar-refractivity contribution in [1.29, 1.82) is 0 Å². The number of hydrogen-bond acceptors (Lipinski definition) is 3. The lowest BCUT2D eigenvalue weighted by atomic mass is 9.87.